The Morgan fingerprint density at radius 2 is 1.80 bits per heavy atom. The normalized spacial score (nSPS) is 15.1. The number of halogens is 5. The average molecular weight is 678 g/mol. The van der Waals surface area contributed by atoms with Crippen molar-refractivity contribution in [2.24, 2.45) is 5.92 Å². The number of hydrogen-bond donors (Lipinski definition) is 1. The molecule has 46 heavy (non-hydrogen) atoms. The molecule has 0 spiro atoms. The van der Waals surface area contributed by atoms with Crippen LogP contribution in [-0.4, -0.2) is 78.2 Å². The van der Waals surface area contributed by atoms with Crippen LogP contribution in [0.4, 0.5) is 13.2 Å². The van der Waals surface area contributed by atoms with Gasteiger partial charge in [-0.3, -0.25) is 9.59 Å². The lowest BCUT2D eigenvalue weighted by atomic mass is 9.90. The first kappa shape index (κ1) is 33.6. The number of aromatic nitrogens is 2. The van der Waals surface area contributed by atoms with Gasteiger partial charge in [0.15, 0.2) is 17.3 Å². The largest absolute Gasteiger partial charge is 0.573 e. The van der Waals surface area contributed by atoms with Crippen LogP contribution in [0.25, 0.3) is 11.0 Å². The number of amides is 1. The number of piperidine rings is 1. The number of H-pyrrole nitrogens is 1. The van der Waals surface area contributed by atoms with E-state index in [0.717, 1.165) is 35.8 Å². The van der Waals surface area contributed by atoms with E-state index in [4.69, 9.17) is 27.9 Å². The molecule has 1 saturated heterocycles. The number of alkyl halides is 3. The molecular weight excluding hydrogens is 644 g/mol. The number of nitrogens with one attached hydrogen (secondary N) is 1. The molecule has 13 heteroatoms. The molecule has 4 aromatic rings. The third-order valence-electron chi connectivity index (χ3n) is 8.27. The molecule has 1 fully saturated rings. The van der Waals surface area contributed by atoms with E-state index in [-0.39, 0.29) is 35.5 Å². The Labute approximate surface area is 274 Å². The van der Waals surface area contributed by atoms with Crippen LogP contribution < -0.4 is 9.47 Å². The van der Waals surface area contributed by atoms with Crippen molar-refractivity contribution in [3.8, 4) is 11.5 Å². The number of para-hydroxylation sites is 3. The first-order valence-corrected chi connectivity index (χ1v) is 15.5. The maximum absolute atomic E-state index is 13.5. The standard InChI is InChI=1S/C33H33Cl2F3N4O4/c1-41(32(44)23-6-5-9-28(30(23)45-2)46-33(36,37)38)19-22(21-10-11-24(34)25(35)18-21)14-17-42-15-12-20(13-16-42)29(43)31-39-26-7-3-4-8-27(26)40-31/h3-11,18,20,22H,12-17,19H2,1-2H3,(H,39,40). The number of Topliss-reactive ketones (excluding diaryl/α,β-unsaturated/α-hetero) is 1. The van der Waals surface area contributed by atoms with E-state index >= 15 is 0 Å². The number of rotatable bonds is 11. The van der Waals surface area contributed by atoms with E-state index in [1.165, 1.54) is 24.1 Å². The van der Waals surface area contributed by atoms with Crippen LogP contribution in [0, 0.1) is 5.92 Å². The Hall–Kier alpha value is -3.80. The molecule has 1 unspecified atom stereocenters. The number of ether oxygens (including phenoxy) is 2. The number of likely N-dealkylation sites (tertiary alicyclic amines) is 1. The van der Waals surface area contributed by atoms with Crippen LogP contribution in [0.1, 0.15) is 51.7 Å². The lowest BCUT2D eigenvalue weighted by Gasteiger charge is -2.33. The summed E-state index contributed by atoms with van der Waals surface area (Å²) in [6, 6.07) is 16.7. The minimum Gasteiger partial charge on any atom is -0.492 e. The zero-order valence-electron chi connectivity index (χ0n) is 25.2. The molecule has 1 amide bonds. The molecule has 8 nitrogen and oxygen atoms in total. The third kappa shape index (κ3) is 7.94. The van der Waals surface area contributed by atoms with Crippen molar-refractivity contribution >= 4 is 45.9 Å². The summed E-state index contributed by atoms with van der Waals surface area (Å²) in [5, 5.41) is 0.776. The second kappa shape index (κ2) is 14.3. The second-order valence-corrected chi connectivity index (χ2v) is 12.1. The molecule has 0 radical (unpaired) electrons. The molecule has 1 atom stereocenters. The van der Waals surface area contributed by atoms with Gasteiger partial charge in [-0.25, -0.2) is 4.98 Å². The Bertz CT molecular complexity index is 1670. The van der Waals surface area contributed by atoms with E-state index in [2.05, 4.69) is 19.6 Å². The van der Waals surface area contributed by atoms with Crippen LogP contribution in [0.3, 0.4) is 0 Å². The average Bonchev–Trinajstić information content (AvgIpc) is 3.47. The summed E-state index contributed by atoms with van der Waals surface area (Å²) in [7, 11) is 2.76. The highest BCUT2D eigenvalue weighted by Gasteiger charge is 2.34. The fraction of sp³-hybridized carbons (Fsp3) is 0.364. The molecule has 2 heterocycles. The molecule has 244 valence electrons. The topological polar surface area (TPSA) is 87.8 Å². The first-order valence-electron chi connectivity index (χ1n) is 14.8. The van der Waals surface area contributed by atoms with Gasteiger partial charge in [0, 0.05) is 25.4 Å². The minimum atomic E-state index is -4.95. The van der Waals surface area contributed by atoms with Crippen molar-refractivity contribution in [1.29, 1.82) is 0 Å². The maximum Gasteiger partial charge on any atom is 0.573 e. The summed E-state index contributed by atoms with van der Waals surface area (Å²) in [6.45, 7) is 2.38. The highest BCUT2D eigenvalue weighted by Crippen LogP contribution is 2.36. The predicted octanol–water partition coefficient (Wildman–Crippen LogP) is 7.62. The Morgan fingerprint density at radius 3 is 2.48 bits per heavy atom. The van der Waals surface area contributed by atoms with E-state index in [1.807, 2.05) is 30.3 Å². The molecule has 0 saturated carbocycles. The van der Waals surface area contributed by atoms with Gasteiger partial charge in [-0.2, -0.15) is 0 Å². The van der Waals surface area contributed by atoms with E-state index < -0.39 is 18.0 Å². The molecule has 1 aliphatic rings. The van der Waals surface area contributed by atoms with Crippen LogP contribution in [0.5, 0.6) is 11.5 Å². The number of nitrogens with zero attached hydrogens (tertiary/aromatic N) is 3. The number of ketones is 1. The van der Waals surface area contributed by atoms with E-state index in [9.17, 15) is 22.8 Å². The quantitative estimate of drug-likeness (QED) is 0.165. The van der Waals surface area contributed by atoms with Crippen LogP contribution in [-0.2, 0) is 0 Å². The molecule has 0 aliphatic carbocycles. The fourth-order valence-electron chi connectivity index (χ4n) is 5.87. The highest BCUT2D eigenvalue weighted by molar-refractivity contribution is 6.42. The number of carbonyl (C=O) groups is 2. The Balaban J connectivity index is 1.25. The zero-order valence-corrected chi connectivity index (χ0v) is 26.8. The molecule has 5 rings (SSSR count). The summed E-state index contributed by atoms with van der Waals surface area (Å²) >= 11 is 12.5. The maximum atomic E-state index is 13.5. The number of benzene rings is 3. The molecule has 1 aromatic heterocycles. The van der Waals surface area contributed by atoms with Gasteiger partial charge in [-0.1, -0.05) is 47.5 Å². The van der Waals surface area contributed by atoms with Crippen molar-refractivity contribution in [3.05, 3.63) is 87.7 Å². The van der Waals surface area contributed by atoms with E-state index in [1.54, 1.807) is 19.2 Å². The number of carbonyl (C=O) groups excluding carboxylic acids is 2. The van der Waals surface area contributed by atoms with Gasteiger partial charge in [-0.15, -0.1) is 13.2 Å². The van der Waals surface area contributed by atoms with Crippen LogP contribution in [0.15, 0.2) is 60.7 Å². The van der Waals surface area contributed by atoms with Crippen molar-refractivity contribution in [1.82, 2.24) is 19.8 Å². The van der Waals surface area contributed by atoms with Crippen LogP contribution in [0.2, 0.25) is 10.0 Å². The number of methoxy groups -OCH3 is 1. The van der Waals surface area contributed by atoms with Gasteiger partial charge < -0.3 is 24.3 Å². The number of aromatic amines is 1. The number of fused-ring (bicyclic) bond motifs is 1. The molecule has 3 aromatic carbocycles. The number of imidazole rings is 1. The number of likely N-dealkylation sites (N-methyl/N-ethyl adjacent to an activating group) is 1. The monoisotopic (exact) mass is 676 g/mol. The minimum absolute atomic E-state index is 0.0183. The van der Waals surface area contributed by atoms with Gasteiger partial charge in [-0.05, 0) is 80.9 Å². The number of hydrogen-bond acceptors (Lipinski definition) is 6. The summed E-state index contributed by atoms with van der Waals surface area (Å²) in [6.07, 6.45) is -2.91. The van der Waals surface area contributed by atoms with Crippen molar-refractivity contribution < 1.29 is 32.2 Å². The second-order valence-electron chi connectivity index (χ2n) is 11.3. The molecule has 1 N–H and O–H groups in total. The van der Waals surface area contributed by atoms with Gasteiger partial charge in [0.2, 0.25) is 5.78 Å². The first-order chi connectivity index (χ1) is 21.9. The summed E-state index contributed by atoms with van der Waals surface area (Å²) in [5.74, 6) is -1.33. The Morgan fingerprint density at radius 1 is 1.07 bits per heavy atom. The summed E-state index contributed by atoms with van der Waals surface area (Å²) in [5.41, 5.74) is 2.41. The van der Waals surface area contributed by atoms with Gasteiger partial charge in [0.25, 0.3) is 5.91 Å². The van der Waals surface area contributed by atoms with Crippen molar-refractivity contribution in [2.45, 2.75) is 31.5 Å². The molecular formula is C33H33Cl2F3N4O4. The predicted molar refractivity (Wildman–Crippen MR) is 170 cm³/mol. The lowest BCUT2D eigenvalue weighted by molar-refractivity contribution is -0.275. The zero-order chi connectivity index (χ0) is 33.0. The van der Waals surface area contributed by atoms with E-state index in [0.29, 0.717) is 41.7 Å². The Kier molecular flexibility index (Phi) is 10.4. The highest BCUT2D eigenvalue weighted by atomic mass is 35.5. The van der Waals surface area contributed by atoms with Gasteiger partial charge >= 0.3 is 6.36 Å². The van der Waals surface area contributed by atoms with Gasteiger partial charge in [0.05, 0.1) is 33.8 Å². The smallest absolute Gasteiger partial charge is 0.492 e. The van der Waals surface area contributed by atoms with Gasteiger partial charge in [0.1, 0.15) is 0 Å². The summed E-state index contributed by atoms with van der Waals surface area (Å²) < 4.78 is 48.2. The third-order valence-corrected chi connectivity index (χ3v) is 9.01. The fourth-order valence-corrected chi connectivity index (χ4v) is 6.18. The lowest BCUT2D eigenvalue weighted by Crippen LogP contribution is -2.38. The molecule has 1 aliphatic heterocycles. The summed E-state index contributed by atoms with van der Waals surface area (Å²) in [4.78, 5) is 38.0. The SMILES string of the molecule is COc1c(OC(F)(F)F)cccc1C(=O)N(C)CC(CCN1CCC(C(=O)c2nc3ccccc3[nH]2)CC1)c1ccc(Cl)c(Cl)c1. The molecule has 0 bridgehead atoms. The van der Waals surface area contributed by atoms with Crippen molar-refractivity contribution in [3.63, 3.8) is 0 Å². The van der Waals surface area contributed by atoms with Crippen molar-refractivity contribution in [2.75, 3.05) is 40.3 Å². The van der Waals surface area contributed by atoms with Crippen LogP contribution >= 0.6 is 23.2 Å².